The zero-order valence-electron chi connectivity index (χ0n) is 6.74. The lowest BCUT2D eigenvalue weighted by atomic mass is 10.1. The quantitative estimate of drug-likeness (QED) is 0.496. The number of benzene rings is 1. The summed E-state index contributed by atoms with van der Waals surface area (Å²) in [6, 6.07) is 4.29. The molecular weight excluding hydrogens is 273 g/mol. The summed E-state index contributed by atoms with van der Waals surface area (Å²) in [5, 5.41) is 19.8. The maximum absolute atomic E-state index is 10.6. The molecule has 0 unspecified atom stereocenters. The highest BCUT2D eigenvalue weighted by Crippen LogP contribution is 2.19. The van der Waals surface area contributed by atoms with Crippen molar-refractivity contribution in [3.63, 3.8) is 0 Å². The van der Waals surface area contributed by atoms with Crippen molar-refractivity contribution < 1.29 is 15.1 Å². The number of aromatic carboxylic acids is 1. The molecule has 0 saturated heterocycles. The van der Waals surface area contributed by atoms with Crippen LogP contribution in [0.3, 0.4) is 0 Å². The van der Waals surface area contributed by atoms with Gasteiger partial charge in [-0.2, -0.15) is 0 Å². The van der Waals surface area contributed by atoms with E-state index in [1.165, 1.54) is 18.2 Å². The van der Waals surface area contributed by atoms with Gasteiger partial charge in [-0.3, -0.25) is 0 Å². The second-order valence-electron chi connectivity index (χ2n) is 2.39. The number of halogens is 2. The van der Waals surface area contributed by atoms with E-state index in [1.54, 1.807) is 0 Å². The lowest BCUT2D eigenvalue weighted by molar-refractivity contribution is 0.0696. The van der Waals surface area contributed by atoms with Crippen molar-refractivity contribution in [3.8, 4) is 0 Å². The maximum Gasteiger partial charge on any atom is 0.336 e. The molecule has 1 rings (SSSR count). The Hall–Kier alpha value is -1.07. The normalized spacial score (nSPS) is 11.4. The van der Waals surface area contributed by atoms with E-state index in [1.807, 2.05) is 0 Å². The number of hydrogen-bond donors (Lipinski definition) is 2. The summed E-state index contributed by atoms with van der Waals surface area (Å²) in [5.74, 6) is -1.04. The molecule has 0 fully saturated rings. The molecule has 0 aliphatic carbocycles. The van der Waals surface area contributed by atoms with E-state index >= 15 is 0 Å². The van der Waals surface area contributed by atoms with Crippen molar-refractivity contribution in [3.05, 3.63) is 33.8 Å². The van der Waals surface area contributed by atoms with Gasteiger partial charge in [0.25, 0.3) is 0 Å². The molecule has 4 nitrogen and oxygen atoms in total. The zero-order chi connectivity index (χ0) is 10.7. The minimum Gasteiger partial charge on any atom is -0.478 e. The minimum absolute atomic E-state index is 0.0948. The Morgan fingerprint density at radius 3 is 2.57 bits per heavy atom. The summed E-state index contributed by atoms with van der Waals surface area (Å²) in [7, 11) is 0. The van der Waals surface area contributed by atoms with Gasteiger partial charge in [-0.15, -0.1) is 0 Å². The van der Waals surface area contributed by atoms with Crippen LogP contribution in [0, 0.1) is 0 Å². The Morgan fingerprint density at radius 1 is 1.50 bits per heavy atom. The van der Waals surface area contributed by atoms with Crippen LogP contribution in [0.5, 0.6) is 0 Å². The molecule has 6 heteroatoms. The molecule has 0 heterocycles. The van der Waals surface area contributed by atoms with Gasteiger partial charge < -0.3 is 10.3 Å². The Labute approximate surface area is 92.9 Å². The van der Waals surface area contributed by atoms with Crippen LogP contribution in [0.2, 0.25) is 0 Å². The third kappa shape index (κ3) is 2.24. The molecule has 0 aromatic heterocycles. The molecule has 0 radical (unpaired) electrons. The van der Waals surface area contributed by atoms with Crippen LogP contribution in [-0.4, -0.2) is 21.5 Å². The van der Waals surface area contributed by atoms with Gasteiger partial charge in [-0.1, -0.05) is 22.8 Å². The largest absolute Gasteiger partial charge is 0.478 e. The van der Waals surface area contributed by atoms with Crippen LogP contribution in [0.15, 0.2) is 27.8 Å². The van der Waals surface area contributed by atoms with Crippen LogP contribution >= 0.6 is 27.5 Å². The molecule has 1 aromatic carbocycles. The Kier molecular flexibility index (Phi) is 3.49. The van der Waals surface area contributed by atoms with E-state index in [0.717, 1.165) is 0 Å². The predicted octanol–water partition coefficient (Wildman–Crippen LogP) is 2.52. The second-order valence-corrected chi connectivity index (χ2v) is 3.60. The van der Waals surface area contributed by atoms with Gasteiger partial charge in [-0.25, -0.2) is 4.79 Å². The van der Waals surface area contributed by atoms with E-state index in [0.29, 0.717) is 10.0 Å². The molecule has 0 amide bonds. The molecule has 0 aliphatic heterocycles. The monoisotopic (exact) mass is 277 g/mol. The lowest BCUT2D eigenvalue weighted by Gasteiger charge is -2.01. The third-order valence-corrected chi connectivity index (χ3v) is 2.48. The van der Waals surface area contributed by atoms with Crippen molar-refractivity contribution in [2.24, 2.45) is 5.16 Å². The van der Waals surface area contributed by atoms with E-state index in [2.05, 4.69) is 21.1 Å². The van der Waals surface area contributed by atoms with Crippen molar-refractivity contribution >= 4 is 38.7 Å². The van der Waals surface area contributed by atoms with Crippen LogP contribution in [0.4, 0.5) is 0 Å². The predicted molar refractivity (Wildman–Crippen MR) is 55.3 cm³/mol. The number of oxime groups is 1. The number of rotatable bonds is 2. The summed E-state index contributed by atoms with van der Waals surface area (Å²) in [6.45, 7) is 0. The Bertz CT molecular complexity index is 406. The van der Waals surface area contributed by atoms with Crippen molar-refractivity contribution in [2.75, 3.05) is 0 Å². The molecule has 1 aromatic rings. The molecule has 74 valence electrons. The lowest BCUT2D eigenvalue weighted by Crippen LogP contribution is -1.99. The fourth-order valence-corrected chi connectivity index (χ4v) is 1.54. The van der Waals surface area contributed by atoms with Gasteiger partial charge in [0.1, 0.15) is 0 Å². The zero-order valence-corrected chi connectivity index (χ0v) is 9.08. The molecule has 14 heavy (non-hydrogen) atoms. The van der Waals surface area contributed by atoms with Gasteiger partial charge in [-0.05, 0) is 28.1 Å². The fraction of sp³-hybridized carbons (Fsp3) is 0. The van der Waals surface area contributed by atoms with Crippen LogP contribution in [-0.2, 0) is 0 Å². The van der Waals surface area contributed by atoms with Gasteiger partial charge in [0, 0.05) is 10.0 Å². The van der Waals surface area contributed by atoms with Crippen molar-refractivity contribution in [2.45, 2.75) is 0 Å². The minimum atomic E-state index is -1.04. The summed E-state index contributed by atoms with van der Waals surface area (Å²) in [6.07, 6.45) is 0. The third-order valence-electron chi connectivity index (χ3n) is 1.53. The first-order valence-corrected chi connectivity index (χ1v) is 4.64. The Balaban J connectivity index is 3.19. The van der Waals surface area contributed by atoms with Crippen LogP contribution < -0.4 is 0 Å². The number of nitrogens with zero attached hydrogens (tertiary/aromatic N) is 1. The first-order valence-electron chi connectivity index (χ1n) is 3.47. The number of hydrogen-bond acceptors (Lipinski definition) is 3. The van der Waals surface area contributed by atoms with E-state index in [9.17, 15) is 4.79 Å². The summed E-state index contributed by atoms with van der Waals surface area (Å²) in [5.41, 5.74) is 0.558. The molecule has 0 spiro atoms. The molecule has 0 bridgehead atoms. The highest BCUT2D eigenvalue weighted by Gasteiger charge is 2.10. The molecule has 0 saturated carbocycles. The van der Waals surface area contributed by atoms with Crippen molar-refractivity contribution in [1.82, 2.24) is 0 Å². The molecule has 0 atom stereocenters. The first kappa shape index (κ1) is 11.0. The fourth-order valence-electron chi connectivity index (χ4n) is 0.875. The van der Waals surface area contributed by atoms with Crippen LogP contribution in [0.25, 0.3) is 0 Å². The highest BCUT2D eigenvalue weighted by atomic mass is 79.9. The van der Waals surface area contributed by atoms with Gasteiger partial charge in [0.15, 0.2) is 5.17 Å². The van der Waals surface area contributed by atoms with E-state index in [-0.39, 0.29) is 10.7 Å². The summed E-state index contributed by atoms with van der Waals surface area (Å²) >= 11 is 8.60. The van der Waals surface area contributed by atoms with E-state index < -0.39 is 5.97 Å². The number of carbonyl (C=O) groups is 1. The highest BCUT2D eigenvalue weighted by molar-refractivity contribution is 9.10. The van der Waals surface area contributed by atoms with Crippen LogP contribution in [0.1, 0.15) is 15.9 Å². The van der Waals surface area contributed by atoms with Gasteiger partial charge >= 0.3 is 5.97 Å². The first-order chi connectivity index (χ1) is 6.56. The Morgan fingerprint density at radius 2 is 2.14 bits per heavy atom. The smallest absolute Gasteiger partial charge is 0.336 e. The van der Waals surface area contributed by atoms with Crippen molar-refractivity contribution in [1.29, 1.82) is 0 Å². The average Bonchev–Trinajstić information content (AvgIpc) is 2.15. The SMILES string of the molecule is O=C(O)c1ccc(C(Cl)=NO)cc1Br. The summed E-state index contributed by atoms with van der Waals surface area (Å²) in [4.78, 5) is 10.6. The van der Waals surface area contributed by atoms with Gasteiger partial charge in [0.05, 0.1) is 5.56 Å². The van der Waals surface area contributed by atoms with E-state index in [4.69, 9.17) is 21.9 Å². The molecular formula is C8H5BrClNO3. The standard InChI is InChI=1S/C8H5BrClNO3/c9-6-3-4(7(10)11-14)1-2-5(6)8(12)13/h1-3,14H,(H,12,13). The molecule has 2 N–H and O–H groups in total. The van der Waals surface area contributed by atoms with Gasteiger partial charge in [0.2, 0.25) is 0 Å². The maximum atomic E-state index is 10.6. The average molecular weight is 278 g/mol. The topological polar surface area (TPSA) is 69.9 Å². The number of carboxylic acids is 1. The molecule has 0 aliphatic rings. The summed E-state index contributed by atoms with van der Waals surface area (Å²) < 4.78 is 0.379. The second kappa shape index (κ2) is 4.43. The number of carboxylic acid groups (broad SMARTS) is 1.